The fraction of sp³-hybridized carbons (Fsp3) is 0.389. The van der Waals surface area contributed by atoms with Gasteiger partial charge in [0.25, 0.3) is 0 Å². The Labute approximate surface area is 136 Å². The van der Waals surface area contributed by atoms with Crippen molar-refractivity contribution < 1.29 is 13.6 Å². The largest absolute Gasteiger partial charge is 0.464 e. The van der Waals surface area contributed by atoms with Crippen molar-refractivity contribution in [1.82, 2.24) is 9.80 Å². The van der Waals surface area contributed by atoms with Crippen molar-refractivity contribution in [2.75, 3.05) is 20.1 Å². The molecule has 5 heteroatoms. The van der Waals surface area contributed by atoms with E-state index in [-0.39, 0.29) is 11.7 Å². The summed E-state index contributed by atoms with van der Waals surface area (Å²) in [5.41, 5.74) is 0.865. The Morgan fingerprint density at radius 3 is 2.61 bits per heavy atom. The Kier molecular flexibility index (Phi) is 5.93. The van der Waals surface area contributed by atoms with Gasteiger partial charge in [0.15, 0.2) is 0 Å². The summed E-state index contributed by atoms with van der Waals surface area (Å²) in [5.74, 6) is 1.36. The number of amides is 1. The van der Waals surface area contributed by atoms with Gasteiger partial charge in [-0.3, -0.25) is 9.69 Å². The van der Waals surface area contributed by atoms with Gasteiger partial charge in [-0.1, -0.05) is 19.1 Å². The van der Waals surface area contributed by atoms with E-state index in [1.165, 1.54) is 12.1 Å². The van der Waals surface area contributed by atoms with E-state index >= 15 is 0 Å². The lowest BCUT2D eigenvalue weighted by Crippen LogP contribution is -2.37. The molecular formula is C18H23FN2O2. The van der Waals surface area contributed by atoms with Gasteiger partial charge in [-0.15, -0.1) is 0 Å². The Morgan fingerprint density at radius 1 is 1.22 bits per heavy atom. The highest BCUT2D eigenvalue weighted by molar-refractivity contribution is 5.77. The van der Waals surface area contributed by atoms with E-state index < -0.39 is 0 Å². The highest BCUT2D eigenvalue weighted by atomic mass is 19.1. The summed E-state index contributed by atoms with van der Waals surface area (Å²) in [6.45, 7) is 5.88. The third kappa shape index (κ3) is 5.21. The first kappa shape index (κ1) is 17.2. The average Bonchev–Trinajstić information content (AvgIpc) is 2.91. The molecule has 0 atom stereocenters. The average molecular weight is 318 g/mol. The summed E-state index contributed by atoms with van der Waals surface area (Å²) in [6.07, 6.45) is 0. The van der Waals surface area contributed by atoms with Crippen molar-refractivity contribution in [3.05, 3.63) is 59.3 Å². The first-order valence-corrected chi connectivity index (χ1v) is 7.74. The summed E-state index contributed by atoms with van der Waals surface area (Å²) < 4.78 is 18.7. The minimum atomic E-state index is -0.254. The number of rotatable bonds is 7. The lowest BCUT2D eigenvalue weighted by molar-refractivity contribution is -0.132. The second kappa shape index (κ2) is 7.92. The fourth-order valence-electron chi connectivity index (χ4n) is 2.38. The van der Waals surface area contributed by atoms with Crippen molar-refractivity contribution in [2.24, 2.45) is 0 Å². The van der Waals surface area contributed by atoms with Crippen LogP contribution in [0.4, 0.5) is 4.39 Å². The monoisotopic (exact) mass is 318 g/mol. The third-order valence-electron chi connectivity index (χ3n) is 3.72. The van der Waals surface area contributed by atoms with Crippen LogP contribution >= 0.6 is 0 Å². The molecule has 0 spiro atoms. The molecular weight excluding hydrogens is 295 g/mol. The van der Waals surface area contributed by atoms with Crippen LogP contribution in [0.3, 0.4) is 0 Å². The number of hydrogen-bond acceptors (Lipinski definition) is 3. The standard InChI is InChI=1S/C18H23FN2O2/c1-4-21(11-15-6-5-7-16(19)10-15)13-18(22)20(3)12-17-9-8-14(2)23-17/h5-10H,4,11-13H2,1-3H3. The molecule has 1 aromatic carbocycles. The minimum Gasteiger partial charge on any atom is -0.464 e. The molecule has 0 saturated carbocycles. The van der Waals surface area contributed by atoms with Gasteiger partial charge < -0.3 is 9.32 Å². The maximum atomic E-state index is 13.3. The van der Waals surface area contributed by atoms with E-state index in [4.69, 9.17) is 4.42 Å². The second-order valence-electron chi connectivity index (χ2n) is 5.70. The van der Waals surface area contributed by atoms with Gasteiger partial charge in [-0.25, -0.2) is 4.39 Å². The lowest BCUT2D eigenvalue weighted by atomic mass is 10.2. The van der Waals surface area contributed by atoms with Gasteiger partial charge in [-0.05, 0) is 43.3 Å². The number of furan rings is 1. The number of nitrogens with zero attached hydrogens (tertiary/aromatic N) is 2. The number of aryl methyl sites for hydroxylation is 1. The molecule has 0 aliphatic heterocycles. The van der Waals surface area contributed by atoms with Crippen LogP contribution in [0.2, 0.25) is 0 Å². The molecule has 0 radical (unpaired) electrons. The van der Waals surface area contributed by atoms with Crippen LogP contribution in [0.5, 0.6) is 0 Å². The van der Waals surface area contributed by atoms with E-state index in [0.717, 1.165) is 23.6 Å². The highest BCUT2D eigenvalue weighted by Crippen LogP contribution is 2.10. The molecule has 0 unspecified atom stereocenters. The van der Waals surface area contributed by atoms with E-state index in [9.17, 15) is 9.18 Å². The number of halogens is 1. The summed E-state index contributed by atoms with van der Waals surface area (Å²) >= 11 is 0. The molecule has 124 valence electrons. The maximum Gasteiger partial charge on any atom is 0.236 e. The molecule has 23 heavy (non-hydrogen) atoms. The molecule has 0 saturated heterocycles. The molecule has 1 amide bonds. The van der Waals surface area contributed by atoms with Gasteiger partial charge in [0.05, 0.1) is 13.1 Å². The van der Waals surface area contributed by atoms with Crippen molar-refractivity contribution in [3.8, 4) is 0 Å². The number of hydrogen-bond donors (Lipinski definition) is 0. The predicted octanol–water partition coefficient (Wildman–Crippen LogP) is 3.21. The summed E-state index contributed by atoms with van der Waals surface area (Å²) in [6, 6.07) is 10.2. The molecule has 0 bridgehead atoms. The Morgan fingerprint density at radius 2 is 2.00 bits per heavy atom. The van der Waals surface area contributed by atoms with Crippen molar-refractivity contribution in [1.29, 1.82) is 0 Å². The first-order valence-electron chi connectivity index (χ1n) is 7.74. The summed E-state index contributed by atoms with van der Waals surface area (Å²) in [5, 5.41) is 0. The molecule has 0 fully saturated rings. The van der Waals surface area contributed by atoms with Crippen molar-refractivity contribution in [2.45, 2.75) is 26.9 Å². The fourth-order valence-corrected chi connectivity index (χ4v) is 2.38. The summed E-state index contributed by atoms with van der Waals surface area (Å²) in [7, 11) is 1.76. The first-order chi connectivity index (χ1) is 11.0. The van der Waals surface area contributed by atoms with Gasteiger partial charge in [0.1, 0.15) is 17.3 Å². The number of likely N-dealkylation sites (N-methyl/N-ethyl adjacent to an activating group) is 2. The molecule has 0 aliphatic carbocycles. The Balaban J connectivity index is 1.90. The van der Waals surface area contributed by atoms with Crippen LogP contribution in [0.1, 0.15) is 24.0 Å². The normalized spacial score (nSPS) is 11.0. The van der Waals surface area contributed by atoms with Crippen LogP contribution in [0, 0.1) is 12.7 Å². The van der Waals surface area contributed by atoms with Gasteiger partial charge >= 0.3 is 0 Å². The number of carbonyl (C=O) groups excluding carboxylic acids is 1. The molecule has 2 aromatic rings. The van der Waals surface area contributed by atoms with Gasteiger partial charge in [0, 0.05) is 13.6 Å². The zero-order valence-corrected chi connectivity index (χ0v) is 13.9. The number of carbonyl (C=O) groups is 1. The summed E-state index contributed by atoms with van der Waals surface area (Å²) in [4.78, 5) is 16.0. The van der Waals surface area contributed by atoms with Crippen LogP contribution < -0.4 is 0 Å². The SMILES string of the molecule is CCN(CC(=O)N(C)Cc1ccc(C)o1)Cc1cccc(F)c1. The third-order valence-corrected chi connectivity index (χ3v) is 3.72. The molecule has 1 heterocycles. The van der Waals surface area contributed by atoms with Crippen LogP contribution in [-0.2, 0) is 17.9 Å². The molecule has 0 aliphatic rings. The Hall–Kier alpha value is -2.14. The lowest BCUT2D eigenvalue weighted by Gasteiger charge is -2.23. The van der Waals surface area contributed by atoms with Crippen LogP contribution in [0.15, 0.2) is 40.8 Å². The molecule has 1 aromatic heterocycles. The zero-order valence-electron chi connectivity index (χ0n) is 13.9. The van der Waals surface area contributed by atoms with Gasteiger partial charge in [0.2, 0.25) is 5.91 Å². The predicted molar refractivity (Wildman–Crippen MR) is 87.3 cm³/mol. The highest BCUT2D eigenvalue weighted by Gasteiger charge is 2.15. The molecule has 4 nitrogen and oxygen atoms in total. The van der Waals surface area contributed by atoms with Crippen LogP contribution in [0.25, 0.3) is 0 Å². The van der Waals surface area contributed by atoms with Crippen LogP contribution in [-0.4, -0.2) is 35.8 Å². The minimum absolute atomic E-state index is 0.0114. The van der Waals surface area contributed by atoms with E-state index in [2.05, 4.69) is 0 Å². The molecule has 2 rings (SSSR count). The van der Waals surface area contributed by atoms with E-state index in [1.807, 2.05) is 36.9 Å². The maximum absolute atomic E-state index is 13.3. The Bertz CT molecular complexity index is 654. The van der Waals surface area contributed by atoms with E-state index in [1.54, 1.807) is 18.0 Å². The number of benzene rings is 1. The second-order valence-corrected chi connectivity index (χ2v) is 5.70. The van der Waals surface area contributed by atoms with Crippen molar-refractivity contribution >= 4 is 5.91 Å². The molecule has 0 N–H and O–H groups in total. The smallest absolute Gasteiger partial charge is 0.236 e. The van der Waals surface area contributed by atoms with Gasteiger partial charge in [-0.2, -0.15) is 0 Å². The quantitative estimate of drug-likeness (QED) is 0.786. The van der Waals surface area contributed by atoms with Crippen molar-refractivity contribution in [3.63, 3.8) is 0 Å². The topological polar surface area (TPSA) is 36.7 Å². The van der Waals surface area contributed by atoms with E-state index in [0.29, 0.717) is 19.6 Å². The zero-order chi connectivity index (χ0) is 16.8.